The average Bonchev–Trinajstić information content (AvgIpc) is 2.70. The van der Waals surface area contributed by atoms with Crippen LogP contribution in [0.2, 0.25) is 0 Å². The predicted octanol–water partition coefficient (Wildman–Crippen LogP) is -2.41. The molecule has 9 heteroatoms. The van der Waals surface area contributed by atoms with Gasteiger partial charge < -0.3 is 14.6 Å². The first-order valence-corrected chi connectivity index (χ1v) is 7.95. The Kier molecular flexibility index (Phi) is 6.52. The van der Waals surface area contributed by atoms with Crippen LogP contribution in [-0.2, 0) is 16.7 Å². The molecule has 1 saturated heterocycles. The molecule has 2 atom stereocenters. The molecule has 1 heterocycles. The Hall–Kier alpha value is -0.0900. The number of aliphatic hydroxyl groups excluding tert-OH is 1. The van der Waals surface area contributed by atoms with Gasteiger partial charge in [0.2, 0.25) is 0 Å². The van der Waals surface area contributed by atoms with Gasteiger partial charge >= 0.3 is 29.6 Å². The number of hydrogen-bond acceptors (Lipinski definition) is 6. The molecule has 1 N–H and O–H groups in total. The van der Waals surface area contributed by atoms with E-state index < -0.39 is 21.6 Å². The van der Waals surface area contributed by atoms with Crippen LogP contribution in [0.25, 0.3) is 0 Å². The molecule has 20 heavy (non-hydrogen) atoms. The van der Waals surface area contributed by atoms with Gasteiger partial charge in [0.25, 0.3) is 5.24 Å². The first-order chi connectivity index (χ1) is 8.89. The second-order valence-corrected chi connectivity index (χ2v) is 6.58. The summed E-state index contributed by atoms with van der Waals surface area (Å²) in [4.78, 5) is 12.9. The van der Waals surface area contributed by atoms with E-state index in [1.54, 1.807) is 24.3 Å². The number of hydrogen-bond donors (Lipinski definition) is 1. The summed E-state index contributed by atoms with van der Waals surface area (Å²) in [5.41, 5.74) is -1.28. The molecular formula is C11H12NNaO5S2. The van der Waals surface area contributed by atoms with Gasteiger partial charge in [-0.2, -0.15) is 0 Å². The number of nitrogens with zero attached hydrogens (tertiary/aromatic N) is 1. The third-order valence-electron chi connectivity index (χ3n) is 2.83. The van der Waals surface area contributed by atoms with Crippen LogP contribution in [0, 0.1) is 0 Å². The smallest absolute Gasteiger partial charge is 0.746 e. The van der Waals surface area contributed by atoms with Crippen LogP contribution in [-0.4, -0.2) is 45.4 Å². The van der Waals surface area contributed by atoms with Crippen molar-refractivity contribution in [1.29, 1.82) is 0 Å². The van der Waals surface area contributed by atoms with Crippen LogP contribution >= 0.6 is 11.8 Å². The minimum absolute atomic E-state index is 0. The Bertz CT molecular complexity index is 565. The molecule has 0 aliphatic carbocycles. The van der Waals surface area contributed by atoms with Crippen molar-refractivity contribution in [2.24, 2.45) is 0 Å². The maximum Gasteiger partial charge on any atom is 1.00 e. The standard InChI is InChI=1S/C11H13NO5S2.Na/c13-10(19(15,16)17)9-7-18-11(14)12(9)6-8-4-2-1-3-5-8;/h1-5,9-10,13H,6-7H2,(H,15,16,17);/q;+1/p-1/t9-,10+;/m0./s1. The summed E-state index contributed by atoms with van der Waals surface area (Å²) < 4.78 is 32.6. The van der Waals surface area contributed by atoms with Crippen LogP contribution in [0.1, 0.15) is 5.56 Å². The second kappa shape index (κ2) is 7.26. The number of thioether (sulfide) groups is 1. The Morgan fingerprint density at radius 3 is 2.55 bits per heavy atom. The Labute approximate surface area is 143 Å². The molecule has 0 spiro atoms. The van der Waals surface area contributed by atoms with E-state index in [0.717, 1.165) is 17.3 Å². The van der Waals surface area contributed by atoms with Gasteiger partial charge in [0, 0.05) is 12.3 Å². The molecule has 1 aromatic carbocycles. The van der Waals surface area contributed by atoms with Gasteiger partial charge in [-0.25, -0.2) is 8.42 Å². The quantitative estimate of drug-likeness (QED) is 0.489. The van der Waals surface area contributed by atoms with Crippen LogP contribution in [0.5, 0.6) is 0 Å². The average molecular weight is 325 g/mol. The predicted molar refractivity (Wildman–Crippen MR) is 69.3 cm³/mol. The van der Waals surface area contributed by atoms with E-state index >= 15 is 0 Å². The van der Waals surface area contributed by atoms with E-state index in [9.17, 15) is 22.9 Å². The van der Waals surface area contributed by atoms with Gasteiger partial charge in [-0.15, -0.1) is 0 Å². The van der Waals surface area contributed by atoms with Crippen LogP contribution in [0.4, 0.5) is 4.79 Å². The van der Waals surface area contributed by atoms with Crippen molar-refractivity contribution in [2.75, 3.05) is 5.75 Å². The van der Waals surface area contributed by atoms with E-state index in [1.807, 2.05) is 6.07 Å². The van der Waals surface area contributed by atoms with Gasteiger partial charge in [0.05, 0.1) is 6.04 Å². The molecule has 0 aromatic heterocycles. The number of aliphatic hydroxyl groups is 1. The summed E-state index contributed by atoms with van der Waals surface area (Å²) in [5, 5.41) is 9.21. The zero-order valence-electron chi connectivity index (χ0n) is 10.8. The van der Waals surface area contributed by atoms with Crippen molar-refractivity contribution in [3.05, 3.63) is 35.9 Å². The molecule has 104 valence electrons. The van der Waals surface area contributed by atoms with Crippen molar-refractivity contribution < 1.29 is 52.4 Å². The summed E-state index contributed by atoms with van der Waals surface area (Å²) in [7, 11) is -4.84. The largest absolute Gasteiger partial charge is 1.00 e. The van der Waals surface area contributed by atoms with Gasteiger partial charge in [-0.3, -0.25) is 4.79 Å². The van der Waals surface area contributed by atoms with E-state index in [2.05, 4.69) is 0 Å². The molecule has 1 aliphatic heterocycles. The van der Waals surface area contributed by atoms with Gasteiger partial charge in [-0.05, 0) is 5.56 Å². The fraction of sp³-hybridized carbons (Fsp3) is 0.364. The summed E-state index contributed by atoms with van der Waals surface area (Å²) in [6, 6.07) is 7.97. The molecule has 0 unspecified atom stereocenters. The van der Waals surface area contributed by atoms with Crippen LogP contribution in [0.3, 0.4) is 0 Å². The summed E-state index contributed by atoms with van der Waals surface area (Å²) in [6.45, 7) is 0.171. The Morgan fingerprint density at radius 1 is 1.40 bits per heavy atom. The van der Waals surface area contributed by atoms with E-state index in [-0.39, 0.29) is 47.1 Å². The molecular weight excluding hydrogens is 313 g/mol. The summed E-state index contributed by atoms with van der Waals surface area (Å²) in [5.74, 6) is 0.0916. The number of carbonyl (C=O) groups is 1. The Morgan fingerprint density at radius 2 is 2.00 bits per heavy atom. The van der Waals surface area contributed by atoms with Gasteiger partial charge in [0.15, 0.2) is 5.44 Å². The molecule has 1 fully saturated rings. The maximum atomic E-state index is 11.7. The summed E-state index contributed by atoms with van der Waals surface area (Å²) in [6.07, 6.45) is 0. The van der Waals surface area contributed by atoms with E-state index in [0.29, 0.717) is 0 Å². The first-order valence-electron chi connectivity index (χ1n) is 5.49. The number of carbonyl (C=O) groups excluding carboxylic acids is 1. The molecule has 0 radical (unpaired) electrons. The fourth-order valence-corrected chi connectivity index (χ4v) is 3.65. The van der Waals surface area contributed by atoms with Crippen molar-refractivity contribution in [1.82, 2.24) is 4.90 Å². The Balaban J connectivity index is 0.00000200. The zero-order valence-corrected chi connectivity index (χ0v) is 14.4. The number of benzene rings is 1. The molecule has 0 saturated carbocycles. The molecule has 1 aromatic rings. The molecule has 1 amide bonds. The van der Waals surface area contributed by atoms with Crippen LogP contribution in [0.15, 0.2) is 30.3 Å². The van der Waals surface area contributed by atoms with Gasteiger partial charge in [-0.1, -0.05) is 42.1 Å². The molecule has 2 rings (SSSR count). The first kappa shape index (κ1) is 18.0. The van der Waals surface area contributed by atoms with Crippen molar-refractivity contribution in [3.63, 3.8) is 0 Å². The summed E-state index contributed by atoms with van der Waals surface area (Å²) >= 11 is 0.901. The van der Waals surface area contributed by atoms with E-state index in [4.69, 9.17) is 0 Å². The maximum absolute atomic E-state index is 11.7. The van der Waals surface area contributed by atoms with Crippen molar-refractivity contribution in [2.45, 2.75) is 18.0 Å². The molecule has 6 nitrogen and oxygen atoms in total. The third kappa shape index (κ3) is 4.20. The van der Waals surface area contributed by atoms with Crippen molar-refractivity contribution in [3.8, 4) is 0 Å². The normalized spacial score (nSPS) is 20.6. The minimum atomic E-state index is -4.84. The molecule has 1 aliphatic rings. The van der Waals surface area contributed by atoms with Crippen LogP contribution < -0.4 is 29.6 Å². The SMILES string of the molecule is O=C1SC[C@@H]([C@H](O)S(=O)(=O)[O-])N1Cc1ccccc1.[Na+]. The monoisotopic (exact) mass is 325 g/mol. The number of rotatable bonds is 4. The third-order valence-corrected chi connectivity index (χ3v) is 4.73. The topological polar surface area (TPSA) is 97.7 Å². The van der Waals surface area contributed by atoms with Crippen molar-refractivity contribution >= 4 is 27.1 Å². The van der Waals surface area contributed by atoms with Gasteiger partial charge in [0.1, 0.15) is 10.1 Å². The number of amides is 1. The minimum Gasteiger partial charge on any atom is -0.746 e. The molecule has 0 bridgehead atoms. The zero-order chi connectivity index (χ0) is 14.0. The second-order valence-electron chi connectivity index (χ2n) is 4.14. The van der Waals surface area contributed by atoms with E-state index in [1.165, 1.54) is 4.90 Å². The fourth-order valence-electron chi connectivity index (χ4n) is 1.86.